The predicted octanol–water partition coefficient (Wildman–Crippen LogP) is 0.249. The average molecular weight is 223 g/mol. The third-order valence-electron chi connectivity index (χ3n) is 1.47. The number of pyridine rings is 1. The summed E-state index contributed by atoms with van der Waals surface area (Å²) in [4.78, 5) is 2.59. The molecule has 0 atom stereocenters. The van der Waals surface area contributed by atoms with Crippen LogP contribution in [0.4, 0.5) is 14.5 Å². The van der Waals surface area contributed by atoms with Gasteiger partial charge in [0.15, 0.2) is 0 Å². The van der Waals surface area contributed by atoms with E-state index in [1.54, 1.807) is 0 Å². The molecule has 0 bridgehead atoms. The second-order valence-electron chi connectivity index (χ2n) is 2.49. The summed E-state index contributed by atoms with van der Waals surface area (Å²) < 4.78 is 46.5. The molecule has 1 aromatic heterocycles. The number of sulfonamides is 1. The fourth-order valence-electron chi connectivity index (χ4n) is 0.966. The molecule has 0 saturated heterocycles. The minimum absolute atomic E-state index is 0.384. The number of aromatic nitrogens is 1. The van der Waals surface area contributed by atoms with Gasteiger partial charge in [-0.15, -0.1) is 0 Å². The molecule has 0 amide bonds. The number of primary sulfonamides is 1. The maximum Gasteiger partial charge on any atom is 0.266 e. The van der Waals surface area contributed by atoms with Crippen LogP contribution in [0.3, 0.4) is 0 Å². The first-order valence-electron chi connectivity index (χ1n) is 3.38. The van der Waals surface area contributed by atoms with Gasteiger partial charge >= 0.3 is 0 Å². The van der Waals surface area contributed by atoms with Crippen molar-refractivity contribution in [3.8, 4) is 0 Å². The van der Waals surface area contributed by atoms with Gasteiger partial charge in [-0.25, -0.2) is 22.3 Å². The molecule has 0 radical (unpaired) electrons. The molecule has 0 aliphatic carbocycles. The summed E-state index contributed by atoms with van der Waals surface area (Å²) in [6, 6.07) is 0. The molecule has 8 heteroatoms. The first-order valence-corrected chi connectivity index (χ1v) is 4.93. The highest BCUT2D eigenvalue weighted by atomic mass is 32.2. The molecular weight excluding hydrogens is 216 g/mol. The number of nitrogens with zero attached hydrogens (tertiary/aromatic N) is 1. The number of halogens is 2. The maximum atomic E-state index is 12.3. The largest absolute Gasteiger partial charge is 0.396 e. The van der Waals surface area contributed by atoms with Crippen LogP contribution in [0, 0.1) is 0 Å². The van der Waals surface area contributed by atoms with Gasteiger partial charge in [0, 0.05) is 6.20 Å². The first kappa shape index (κ1) is 10.8. The van der Waals surface area contributed by atoms with Crippen LogP contribution in [0.5, 0.6) is 0 Å². The Kier molecular flexibility index (Phi) is 2.67. The Morgan fingerprint density at radius 1 is 1.36 bits per heavy atom. The lowest BCUT2D eigenvalue weighted by atomic mass is 10.3. The molecule has 4 N–H and O–H groups in total. The van der Waals surface area contributed by atoms with E-state index in [4.69, 9.17) is 10.9 Å². The molecule has 1 aromatic rings. The van der Waals surface area contributed by atoms with Gasteiger partial charge in [0.05, 0.1) is 17.4 Å². The molecule has 1 heterocycles. The minimum atomic E-state index is -4.25. The Hall–Kier alpha value is -1.28. The van der Waals surface area contributed by atoms with Gasteiger partial charge in [-0.05, 0) is 0 Å². The maximum absolute atomic E-state index is 12.3. The van der Waals surface area contributed by atoms with Crippen molar-refractivity contribution in [2.45, 2.75) is 11.3 Å². The topological polar surface area (TPSA) is 99.1 Å². The van der Waals surface area contributed by atoms with Gasteiger partial charge in [-0.1, -0.05) is 0 Å². The van der Waals surface area contributed by atoms with Gasteiger partial charge in [0.25, 0.3) is 6.43 Å². The Bertz CT molecular complexity index is 446. The zero-order valence-electron chi connectivity index (χ0n) is 6.81. The van der Waals surface area contributed by atoms with E-state index in [2.05, 4.69) is 4.98 Å². The molecule has 78 valence electrons. The summed E-state index contributed by atoms with van der Waals surface area (Å²) in [7, 11) is -4.25. The van der Waals surface area contributed by atoms with Crippen molar-refractivity contribution in [2.24, 2.45) is 5.14 Å². The van der Waals surface area contributed by atoms with Crippen LogP contribution in [0.15, 0.2) is 17.3 Å². The van der Waals surface area contributed by atoms with Gasteiger partial charge in [0.1, 0.15) is 4.90 Å². The number of hydrogen-bond donors (Lipinski definition) is 2. The summed E-state index contributed by atoms with van der Waals surface area (Å²) in [5.74, 6) is 0. The van der Waals surface area contributed by atoms with Gasteiger partial charge in [-0.3, -0.25) is 4.98 Å². The highest BCUT2D eigenvalue weighted by molar-refractivity contribution is 7.89. The van der Waals surface area contributed by atoms with Crippen LogP contribution >= 0.6 is 0 Å². The van der Waals surface area contributed by atoms with E-state index in [9.17, 15) is 17.2 Å². The molecule has 14 heavy (non-hydrogen) atoms. The third-order valence-corrected chi connectivity index (χ3v) is 2.51. The SMILES string of the molecule is Nc1cncc(C(F)F)c1S(N)(=O)=O. The van der Waals surface area contributed by atoms with Crippen molar-refractivity contribution in [2.75, 3.05) is 5.73 Å². The first-order chi connectivity index (χ1) is 6.34. The van der Waals surface area contributed by atoms with E-state index in [-0.39, 0.29) is 5.69 Å². The fourth-order valence-corrected chi connectivity index (χ4v) is 1.82. The Morgan fingerprint density at radius 3 is 2.29 bits per heavy atom. The lowest BCUT2D eigenvalue weighted by Crippen LogP contribution is -2.17. The van der Waals surface area contributed by atoms with E-state index < -0.39 is 26.9 Å². The zero-order valence-corrected chi connectivity index (χ0v) is 7.63. The van der Waals surface area contributed by atoms with Crippen molar-refractivity contribution < 1.29 is 17.2 Å². The molecule has 0 aliphatic heterocycles. The quantitative estimate of drug-likeness (QED) is 0.750. The molecule has 0 spiro atoms. The Morgan fingerprint density at radius 2 is 1.93 bits per heavy atom. The highest BCUT2D eigenvalue weighted by Crippen LogP contribution is 2.28. The smallest absolute Gasteiger partial charge is 0.266 e. The van der Waals surface area contributed by atoms with Crippen molar-refractivity contribution in [3.63, 3.8) is 0 Å². The summed E-state index contributed by atoms with van der Waals surface area (Å²) in [6.07, 6.45) is -1.31. The van der Waals surface area contributed by atoms with Crippen LogP contribution < -0.4 is 10.9 Å². The molecule has 0 aliphatic rings. The average Bonchev–Trinajstić information content (AvgIpc) is 2.01. The lowest BCUT2D eigenvalue weighted by molar-refractivity contribution is 0.147. The molecule has 0 saturated carbocycles. The van der Waals surface area contributed by atoms with Gasteiger partial charge < -0.3 is 5.73 Å². The summed E-state index contributed by atoms with van der Waals surface area (Å²) in [5.41, 5.74) is 4.02. The fraction of sp³-hybridized carbons (Fsp3) is 0.167. The van der Waals surface area contributed by atoms with E-state index in [0.717, 1.165) is 12.4 Å². The summed E-state index contributed by atoms with van der Waals surface area (Å²) >= 11 is 0. The van der Waals surface area contributed by atoms with E-state index in [0.29, 0.717) is 0 Å². The second-order valence-corrected chi connectivity index (χ2v) is 3.99. The Balaban J connectivity index is 3.54. The minimum Gasteiger partial charge on any atom is -0.396 e. The van der Waals surface area contributed by atoms with Crippen molar-refractivity contribution in [1.29, 1.82) is 0 Å². The molecule has 0 unspecified atom stereocenters. The van der Waals surface area contributed by atoms with Gasteiger partial charge in [0.2, 0.25) is 10.0 Å². The number of anilines is 1. The van der Waals surface area contributed by atoms with Crippen molar-refractivity contribution >= 4 is 15.7 Å². The third kappa shape index (κ3) is 1.96. The van der Waals surface area contributed by atoms with Crippen LogP contribution in [0.25, 0.3) is 0 Å². The number of nitrogens with two attached hydrogens (primary N) is 2. The van der Waals surface area contributed by atoms with E-state index in [1.807, 2.05) is 0 Å². The molecular formula is C6H7F2N3O2S. The van der Waals surface area contributed by atoms with Crippen LogP contribution in [-0.4, -0.2) is 13.4 Å². The standard InChI is InChI=1S/C6H7F2N3O2S/c7-6(8)3-1-11-2-4(9)5(3)14(10,12)13/h1-2,6H,9H2,(H2,10,12,13). The molecule has 0 fully saturated rings. The number of rotatable bonds is 2. The monoisotopic (exact) mass is 223 g/mol. The molecule has 5 nitrogen and oxygen atoms in total. The second kappa shape index (κ2) is 3.46. The van der Waals surface area contributed by atoms with Crippen molar-refractivity contribution in [1.82, 2.24) is 4.98 Å². The van der Waals surface area contributed by atoms with Crippen LogP contribution in [0.2, 0.25) is 0 Å². The molecule has 0 aromatic carbocycles. The zero-order chi connectivity index (χ0) is 10.9. The normalized spacial score (nSPS) is 12.0. The van der Waals surface area contributed by atoms with Crippen LogP contribution in [-0.2, 0) is 10.0 Å². The lowest BCUT2D eigenvalue weighted by Gasteiger charge is -2.08. The van der Waals surface area contributed by atoms with E-state index in [1.165, 1.54) is 0 Å². The predicted molar refractivity (Wildman–Crippen MR) is 45.0 cm³/mol. The summed E-state index contributed by atoms with van der Waals surface area (Å²) in [6.45, 7) is 0. The molecule has 1 rings (SSSR count). The number of alkyl halides is 2. The Labute approximate surface area is 78.8 Å². The van der Waals surface area contributed by atoms with E-state index >= 15 is 0 Å². The van der Waals surface area contributed by atoms with Crippen LogP contribution in [0.1, 0.15) is 12.0 Å². The highest BCUT2D eigenvalue weighted by Gasteiger charge is 2.23. The van der Waals surface area contributed by atoms with Gasteiger partial charge in [-0.2, -0.15) is 0 Å². The number of hydrogen-bond acceptors (Lipinski definition) is 4. The van der Waals surface area contributed by atoms with Crippen molar-refractivity contribution in [3.05, 3.63) is 18.0 Å². The number of nitrogen functional groups attached to an aromatic ring is 1. The summed E-state index contributed by atoms with van der Waals surface area (Å²) in [5, 5.41) is 4.73.